The third-order valence-corrected chi connectivity index (χ3v) is 4.89. The summed E-state index contributed by atoms with van der Waals surface area (Å²) in [5.74, 6) is 0. The van der Waals surface area contributed by atoms with Crippen molar-refractivity contribution < 1.29 is 0 Å². The minimum Gasteiger partial charge on any atom is -0.315 e. The van der Waals surface area contributed by atoms with Gasteiger partial charge in [0.05, 0.1) is 10.7 Å². The van der Waals surface area contributed by atoms with Crippen molar-refractivity contribution in [3.05, 3.63) is 15.6 Å². The topological polar surface area (TPSA) is 31.4 Å². The van der Waals surface area contributed by atoms with E-state index in [1.54, 1.807) is 0 Å². The summed E-state index contributed by atoms with van der Waals surface area (Å²) in [6.07, 6.45) is 2.15. The number of thiazole rings is 1. The Balaban J connectivity index is 1.85. The maximum Gasteiger partial charge on any atom is 0.0944 e. The van der Waals surface area contributed by atoms with Gasteiger partial charge in [-0.1, -0.05) is 6.92 Å². The van der Waals surface area contributed by atoms with Gasteiger partial charge in [0.1, 0.15) is 0 Å². The van der Waals surface area contributed by atoms with Crippen LogP contribution >= 0.6 is 11.3 Å². The average molecular weight is 282 g/mol. The number of aromatic nitrogens is 1. The van der Waals surface area contributed by atoms with E-state index in [0.717, 1.165) is 25.9 Å². The molecule has 1 N–H and O–H groups in total. The van der Waals surface area contributed by atoms with Gasteiger partial charge in [0.25, 0.3) is 0 Å². The van der Waals surface area contributed by atoms with Gasteiger partial charge in [-0.05, 0) is 20.5 Å². The molecule has 1 aromatic heterocycles. The first-order valence-electron chi connectivity index (χ1n) is 7.26. The van der Waals surface area contributed by atoms with Gasteiger partial charge >= 0.3 is 0 Å². The second-order valence-corrected chi connectivity index (χ2v) is 6.42. The van der Waals surface area contributed by atoms with Gasteiger partial charge in [0.15, 0.2) is 0 Å². The van der Waals surface area contributed by atoms with Crippen molar-refractivity contribution in [2.45, 2.75) is 26.3 Å². The minimum absolute atomic E-state index is 0.954. The van der Waals surface area contributed by atoms with Crippen LogP contribution in [0.5, 0.6) is 0 Å². The molecule has 0 aliphatic carbocycles. The van der Waals surface area contributed by atoms with E-state index >= 15 is 0 Å². The van der Waals surface area contributed by atoms with E-state index in [1.807, 2.05) is 18.4 Å². The van der Waals surface area contributed by atoms with Crippen LogP contribution in [0.3, 0.4) is 0 Å². The molecule has 0 amide bonds. The zero-order valence-electron chi connectivity index (χ0n) is 12.4. The Morgan fingerprint density at radius 2 is 2.00 bits per heavy atom. The third kappa shape index (κ3) is 4.24. The summed E-state index contributed by atoms with van der Waals surface area (Å²) in [4.78, 5) is 11.2. The van der Waals surface area contributed by atoms with Crippen molar-refractivity contribution in [1.82, 2.24) is 20.1 Å². The Kier molecular flexibility index (Phi) is 5.76. The van der Waals surface area contributed by atoms with Crippen molar-refractivity contribution in [2.75, 3.05) is 46.8 Å². The molecule has 0 radical (unpaired) electrons. The van der Waals surface area contributed by atoms with Crippen LogP contribution in [-0.4, -0.2) is 61.6 Å². The predicted octanol–water partition coefficient (Wildman–Crippen LogP) is 1.21. The summed E-state index contributed by atoms with van der Waals surface area (Å²) < 4.78 is 0. The van der Waals surface area contributed by atoms with Crippen LogP contribution in [-0.2, 0) is 19.4 Å². The van der Waals surface area contributed by atoms with Gasteiger partial charge in [0.2, 0.25) is 0 Å². The largest absolute Gasteiger partial charge is 0.315 e. The molecule has 1 saturated heterocycles. The number of aryl methyl sites for hydroxylation is 1. The smallest absolute Gasteiger partial charge is 0.0944 e. The van der Waals surface area contributed by atoms with E-state index in [1.165, 1.54) is 41.8 Å². The highest BCUT2D eigenvalue weighted by Gasteiger charge is 2.15. The van der Waals surface area contributed by atoms with Gasteiger partial charge in [-0.2, -0.15) is 0 Å². The molecule has 2 rings (SSSR count). The van der Waals surface area contributed by atoms with Crippen molar-refractivity contribution >= 4 is 11.3 Å². The van der Waals surface area contributed by atoms with Crippen LogP contribution in [0, 0.1) is 0 Å². The molecule has 0 spiro atoms. The van der Waals surface area contributed by atoms with E-state index in [0.29, 0.717) is 0 Å². The summed E-state index contributed by atoms with van der Waals surface area (Å²) in [5, 5.41) is 4.54. The van der Waals surface area contributed by atoms with Gasteiger partial charge < -0.3 is 15.1 Å². The van der Waals surface area contributed by atoms with Crippen LogP contribution in [0.4, 0.5) is 0 Å². The van der Waals surface area contributed by atoms with E-state index in [2.05, 4.69) is 29.1 Å². The van der Waals surface area contributed by atoms with Crippen LogP contribution < -0.4 is 5.32 Å². The van der Waals surface area contributed by atoms with E-state index in [-0.39, 0.29) is 0 Å². The molecular formula is C14H26N4S. The first-order valence-corrected chi connectivity index (χ1v) is 8.07. The van der Waals surface area contributed by atoms with Gasteiger partial charge in [-0.3, -0.25) is 0 Å². The summed E-state index contributed by atoms with van der Waals surface area (Å²) in [6, 6.07) is 0. The summed E-state index contributed by atoms with van der Waals surface area (Å²) in [7, 11) is 4.21. The molecule has 0 saturated carbocycles. The Hall–Kier alpha value is -0.490. The molecule has 0 bridgehead atoms. The lowest BCUT2D eigenvalue weighted by Crippen LogP contribution is -2.45. The standard InChI is InChI=1S/C14H26N4S/c1-4-12-13(11-15-2)19-14(16-12)5-6-18-9-7-17(3)8-10-18/h15H,4-11H2,1-3H3. The fraction of sp³-hybridized carbons (Fsp3) is 0.786. The van der Waals surface area contributed by atoms with Crippen LogP contribution in [0.25, 0.3) is 0 Å². The molecular weight excluding hydrogens is 256 g/mol. The molecule has 1 fully saturated rings. The fourth-order valence-electron chi connectivity index (χ4n) is 2.44. The lowest BCUT2D eigenvalue weighted by Gasteiger charge is -2.32. The molecule has 1 aromatic rings. The molecule has 0 unspecified atom stereocenters. The molecule has 4 nitrogen and oxygen atoms in total. The van der Waals surface area contributed by atoms with E-state index in [4.69, 9.17) is 4.98 Å². The molecule has 0 atom stereocenters. The second kappa shape index (κ2) is 7.33. The second-order valence-electron chi connectivity index (χ2n) is 5.26. The zero-order valence-corrected chi connectivity index (χ0v) is 13.2. The highest BCUT2D eigenvalue weighted by atomic mass is 32.1. The number of hydrogen-bond donors (Lipinski definition) is 1. The van der Waals surface area contributed by atoms with Crippen molar-refractivity contribution in [3.8, 4) is 0 Å². The summed E-state index contributed by atoms with van der Waals surface area (Å²) in [6.45, 7) is 9.10. The lowest BCUT2D eigenvalue weighted by atomic mass is 10.3. The SMILES string of the molecule is CCc1nc(CCN2CCN(C)CC2)sc1CNC. The van der Waals surface area contributed by atoms with E-state index < -0.39 is 0 Å². The molecule has 0 aromatic carbocycles. The van der Waals surface area contributed by atoms with Crippen molar-refractivity contribution in [3.63, 3.8) is 0 Å². The monoisotopic (exact) mass is 282 g/mol. The number of likely N-dealkylation sites (N-methyl/N-ethyl adjacent to an activating group) is 1. The lowest BCUT2D eigenvalue weighted by molar-refractivity contribution is 0.155. The number of rotatable bonds is 6. The Morgan fingerprint density at radius 1 is 1.26 bits per heavy atom. The molecule has 1 aliphatic heterocycles. The highest BCUT2D eigenvalue weighted by molar-refractivity contribution is 7.11. The van der Waals surface area contributed by atoms with Gasteiger partial charge in [0, 0.05) is 50.6 Å². The first kappa shape index (κ1) is 14.9. The first-order chi connectivity index (χ1) is 9.22. The molecule has 5 heteroatoms. The average Bonchev–Trinajstić information content (AvgIpc) is 2.81. The summed E-state index contributed by atoms with van der Waals surface area (Å²) >= 11 is 1.89. The van der Waals surface area contributed by atoms with Crippen molar-refractivity contribution in [1.29, 1.82) is 0 Å². The quantitative estimate of drug-likeness (QED) is 0.850. The maximum atomic E-state index is 4.79. The zero-order chi connectivity index (χ0) is 13.7. The Morgan fingerprint density at radius 3 is 2.63 bits per heavy atom. The number of nitrogens with one attached hydrogen (secondary N) is 1. The number of hydrogen-bond acceptors (Lipinski definition) is 5. The molecule has 2 heterocycles. The summed E-state index contributed by atoms with van der Waals surface area (Å²) in [5.41, 5.74) is 1.28. The number of nitrogens with zero attached hydrogens (tertiary/aromatic N) is 3. The minimum atomic E-state index is 0.954. The molecule has 108 valence electrons. The van der Waals surface area contributed by atoms with Crippen LogP contribution in [0.1, 0.15) is 22.5 Å². The van der Waals surface area contributed by atoms with Gasteiger partial charge in [-0.25, -0.2) is 4.98 Å². The highest BCUT2D eigenvalue weighted by Crippen LogP contribution is 2.20. The van der Waals surface area contributed by atoms with Crippen LogP contribution in [0.2, 0.25) is 0 Å². The van der Waals surface area contributed by atoms with Gasteiger partial charge in [-0.15, -0.1) is 11.3 Å². The predicted molar refractivity (Wildman–Crippen MR) is 81.9 cm³/mol. The third-order valence-electron chi connectivity index (χ3n) is 3.73. The normalized spacial score (nSPS) is 18.1. The molecule has 19 heavy (non-hydrogen) atoms. The Labute approximate surface area is 120 Å². The van der Waals surface area contributed by atoms with E-state index in [9.17, 15) is 0 Å². The Bertz CT molecular complexity index is 383. The number of piperazine rings is 1. The molecule has 1 aliphatic rings. The van der Waals surface area contributed by atoms with Crippen molar-refractivity contribution in [2.24, 2.45) is 0 Å². The van der Waals surface area contributed by atoms with Crippen LogP contribution in [0.15, 0.2) is 0 Å². The maximum absolute atomic E-state index is 4.79. The fourth-order valence-corrected chi connectivity index (χ4v) is 3.60.